The largest absolute Gasteiger partial charge is 0.497 e. The molecular weight excluding hydrogens is 462 g/mol. The minimum absolute atomic E-state index is 0.0330. The molecular formula is C24H22ClN3O2S2. The van der Waals surface area contributed by atoms with Gasteiger partial charge in [-0.05, 0) is 66.6 Å². The molecule has 2 heterocycles. The lowest BCUT2D eigenvalue weighted by atomic mass is 10.2. The Balaban J connectivity index is 1.53. The van der Waals surface area contributed by atoms with Gasteiger partial charge in [-0.25, -0.2) is 4.98 Å². The number of rotatable bonds is 8. The highest BCUT2D eigenvalue weighted by Crippen LogP contribution is 2.34. The molecule has 0 aliphatic heterocycles. The second kappa shape index (κ2) is 10.3. The third-order valence-corrected chi connectivity index (χ3v) is 7.16. The molecule has 0 aliphatic carbocycles. The first-order valence-electron chi connectivity index (χ1n) is 10.1. The van der Waals surface area contributed by atoms with Crippen LogP contribution in [0.1, 0.15) is 17.5 Å². The van der Waals surface area contributed by atoms with Crippen molar-refractivity contribution in [2.75, 3.05) is 17.8 Å². The smallest absolute Gasteiger partial charge is 0.229 e. The van der Waals surface area contributed by atoms with Crippen LogP contribution in [0.15, 0.2) is 65.8 Å². The summed E-state index contributed by atoms with van der Waals surface area (Å²) in [5.74, 6) is 1.53. The van der Waals surface area contributed by atoms with Crippen LogP contribution < -0.4 is 9.64 Å². The fraction of sp³-hybridized carbons (Fsp3) is 0.208. The van der Waals surface area contributed by atoms with Gasteiger partial charge in [0, 0.05) is 34.5 Å². The average molecular weight is 484 g/mol. The molecule has 0 spiro atoms. The third kappa shape index (κ3) is 5.41. The molecule has 0 unspecified atom stereocenters. The van der Waals surface area contributed by atoms with Crippen LogP contribution in [0.5, 0.6) is 5.75 Å². The Kier molecular flexibility index (Phi) is 7.29. The van der Waals surface area contributed by atoms with Crippen LogP contribution in [-0.4, -0.2) is 28.7 Å². The zero-order valence-corrected chi connectivity index (χ0v) is 20.1. The maximum atomic E-state index is 13.3. The Morgan fingerprint density at radius 3 is 2.62 bits per heavy atom. The van der Waals surface area contributed by atoms with Gasteiger partial charge in [0.05, 0.1) is 23.9 Å². The van der Waals surface area contributed by atoms with Crippen molar-refractivity contribution in [3.05, 3.63) is 77.1 Å². The Bertz CT molecular complexity index is 1210. The Labute approximate surface area is 200 Å². The summed E-state index contributed by atoms with van der Waals surface area (Å²) in [6, 6.07) is 15.5. The molecule has 2 aromatic carbocycles. The molecule has 1 amide bonds. The normalized spacial score (nSPS) is 11.0. The van der Waals surface area contributed by atoms with Crippen LogP contribution in [0.3, 0.4) is 0 Å². The molecule has 0 fully saturated rings. The van der Waals surface area contributed by atoms with Gasteiger partial charge in [-0.1, -0.05) is 22.9 Å². The van der Waals surface area contributed by atoms with Gasteiger partial charge in [0.2, 0.25) is 5.91 Å². The van der Waals surface area contributed by atoms with Gasteiger partial charge in [-0.2, -0.15) is 0 Å². The van der Waals surface area contributed by atoms with Crippen molar-refractivity contribution in [3.63, 3.8) is 0 Å². The summed E-state index contributed by atoms with van der Waals surface area (Å²) < 4.78 is 6.18. The summed E-state index contributed by atoms with van der Waals surface area (Å²) >= 11 is 9.37. The van der Waals surface area contributed by atoms with Crippen LogP contribution in [0.25, 0.3) is 10.2 Å². The quantitative estimate of drug-likeness (QED) is 0.272. The topological polar surface area (TPSA) is 55.3 Å². The Hall–Kier alpha value is -2.61. The van der Waals surface area contributed by atoms with Crippen molar-refractivity contribution in [3.8, 4) is 5.75 Å². The van der Waals surface area contributed by atoms with E-state index in [1.165, 1.54) is 11.3 Å². The lowest BCUT2D eigenvalue weighted by molar-refractivity contribution is -0.118. The van der Waals surface area contributed by atoms with Gasteiger partial charge in [0.1, 0.15) is 5.75 Å². The van der Waals surface area contributed by atoms with Gasteiger partial charge < -0.3 is 4.74 Å². The van der Waals surface area contributed by atoms with Gasteiger partial charge in [0.15, 0.2) is 5.13 Å². The Morgan fingerprint density at radius 2 is 1.91 bits per heavy atom. The predicted molar refractivity (Wildman–Crippen MR) is 133 cm³/mol. The molecule has 4 rings (SSSR count). The first-order valence-corrected chi connectivity index (χ1v) is 12.2. The lowest BCUT2D eigenvalue weighted by Crippen LogP contribution is -2.30. The molecule has 164 valence electrons. The molecule has 0 saturated heterocycles. The number of aromatic nitrogens is 2. The number of hydrogen-bond acceptors (Lipinski definition) is 6. The van der Waals surface area contributed by atoms with E-state index in [1.807, 2.05) is 55.5 Å². The van der Waals surface area contributed by atoms with Crippen molar-refractivity contribution in [2.24, 2.45) is 0 Å². The summed E-state index contributed by atoms with van der Waals surface area (Å²) in [6.45, 7) is 2.43. The highest BCUT2D eigenvalue weighted by atomic mass is 35.5. The first-order chi connectivity index (χ1) is 15.5. The van der Waals surface area contributed by atoms with Crippen molar-refractivity contribution < 1.29 is 9.53 Å². The molecule has 4 aromatic rings. The van der Waals surface area contributed by atoms with Gasteiger partial charge in [-0.15, -0.1) is 11.8 Å². The summed E-state index contributed by atoms with van der Waals surface area (Å²) in [5.41, 5.74) is 2.89. The number of nitrogens with zero attached hydrogens (tertiary/aromatic N) is 3. The van der Waals surface area contributed by atoms with Gasteiger partial charge in [0.25, 0.3) is 0 Å². The number of hydrogen-bond donors (Lipinski definition) is 0. The van der Waals surface area contributed by atoms with Gasteiger partial charge >= 0.3 is 0 Å². The number of thioether (sulfide) groups is 1. The zero-order valence-electron chi connectivity index (χ0n) is 17.7. The van der Waals surface area contributed by atoms with E-state index in [2.05, 4.69) is 4.98 Å². The minimum atomic E-state index is 0.0330. The molecule has 0 N–H and O–H groups in total. The second-order valence-electron chi connectivity index (χ2n) is 7.18. The molecule has 0 saturated carbocycles. The van der Waals surface area contributed by atoms with Crippen LogP contribution >= 0.6 is 34.7 Å². The summed E-state index contributed by atoms with van der Waals surface area (Å²) in [5, 5.41) is 1.36. The maximum absolute atomic E-state index is 13.3. The number of benzene rings is 2. The maximum Gasteiger partial charge on any atom is 0.229 e. The highest BCUT2D eigenvalue weighted by molar-refractivity contribution is 7.99. The number of halogens is 1. The standard InChI is InChI=1S/C24H22ClN3O2S2/c1-16-13-18(25)14-21-23(16)27-24(32-21)28(15-17-7-10-26-11-8-17)22(29)9-12-31-20-5-3-19(30-2)4-6-20/h3-8,10-11,13-14H,9,12,15H2,1-2H3. The monoisotopic (exact) mass is 483 g/mol. The van der Waals surface area contributed by atoms with Crippen LogP contribution in [0.4, 0.5) is 5.13 Å². The van der Waals surface area contributed by atoms with E-state index in [-0.39, 0.29) is 5.91 Å². The number of thiazole rings is 1. The predicted octanol–water partition coefficient (Wildman–Crippen LogP) is 6.38. The second-order valence-corrected chi connectivity index (χ2v) is 9.79. The van der Waals surface area contributed by atoms with E-state index < -0.39 is 0 Å². The fourth-order valence-electron chi connectivity index (χ4n) is 3.25. The fourth-order valence-corrected chi connectivity index (χ4v) is 5.53. The number of aryl methyl sites for hydroxylation is 1. The number of carbonyl (C=O) groups excluding carboxylic acids is 1. The zero-order chi connectivity index (χ0) is 22.5. The van der Waals surface area contributed by atoms with Crippen LogP contribution in [0.2, 0.25) is 5.02 Å². The molecule has 32 heavy (non-hydrogen) atoms. The molecule has 0 aliphatic rings. The van der Waals surface area contributed by atoms with Crippen molar-refractivity contribution >= 4 is 56.0 Å². The van der Waals surface area contributed by atoms with Crippen LogP contribution in [0, 0.1) is 6.92 Å². The first kappa shape index (κ1) is 22.6. The van der Waals surface area contributed by atoms with Crippen molar-refractivity contribution in [1.82, 2.24) is 9.97 Å². The number of anilines is 1. The molecule has 0 atom stereocenters. The average Bonchev–Trinajstić information content (AvgIpc) is 3.22. The highest BCUT2D eigenvalue weighted by Gasteiger charge is 2.21. The lowest BCUT2D eigenvalue weighted by Gasteiger charge is -2.20. The molecule has 0 bridgehead atoms. The minimum Gasteiger partial charge on any atom is -0.497 e. The molecule has 5 nitrogen and oxygen atoms in total. The molecule has 2 aromatic heterocycles. The SMILES string of the molecule is COc1ccc(SCCC(=O)N(Cc2ccncc2)c2nc3c(C)cc(Cl)cc3s2)cc1. The van der Waals surface area contributed by atoms with Crippen LogP contribution in [-0.2, 0) is 11.3 Å². The summed E-state index contributed by atoms with van der Waals surface area (Å²) in [6.07, 6.45) is 3.87. The summed E-state index contributed by atoms with van der Waals surface area (Å²) in [4.78, 5) is 25.0. The van der Waals surface area contributed by atoms with E-state index in [9.17, 15) is 4.79 Å². The number of carbonyl (C=O) groups is 1. The van der Waals surface area contributed by atoms with Crippen molar-refractivity contribution in [2.45, 2.75) is 24.8 Å². The Morgan fingerprint density at radius 1 is 1.16 bits per heavy atom. The van der Waals surface area contributed by atoms with E-state index in [4.69, 9.17) is 21.3 Å². The van der Waals surface area contributed by atoms with Crippen molar-refractivity contribution in [1.29, 1.82) is 0 Å². The number of pyridine rings is 1. The van der Waals surface area contributed by atoms with E-state index in [1.54, 1.807) is 36.2 Å². The molecule has 8 heteroatoms. The van der Waals surface area contributed by atoms with Gasteiger partial charge in [-0.3, -0.25) is 14.7 Å². The summed E-state index contributed by atoms with van der Waals surface area (Å²) in [7, 11) is 1.65. The number of ether oxygens (including phenoxy) is 1. The van der Waals surface area contributed by atoms with E-state index in [0.29, 0.717) is 28.9 Å². The van der Waals surface area contributed by atoms with E-state index in [0.717, 1.165) is 32.0 Å². The van der Waals surface area contributed by atoms with E-state index >= 15 is 0 Å². The number of amides is 1. The number of fused-ring (bicyclic) bond motifs is 1. The molecule has 0 radical (unpaired) electrons. The number of methoxy groups -OCH3 is 1. The third-order valence-electron chi connectivity index (χ3n) is 4.91.